The summed E-state index contributed by atoms with van der Waals surface area (Å²) < 4.78 is 21.3. The number of benzene rings is 2. The molecule has 1 fully saturated rings. The molecule has 2 heterocycles. The van der Waals surface area contributed by atoms with E-state index in [2.05, 4.69) is 0 Å². The Morgan fingerprint density at radius 3 is 2.21 bits per heavy atom. The van der Waals surface area contributed by atoms with Gasteiger partial charge in [-0.25, -0.2) is 0 Å². The first-order valence-corrected chi connectivity index (χ1v) is 10.7. The van der Waals surface area contributed by atoms with Crippen LogP contribution in [0.1, 0.15) is 17.4 Å². The van der Waals surface area contributed by atoms with Gasteiger partial charge in [0.1, 0.15) is 34.8 Å². The fourth-order valence-electron chi connectivity index (χ4n) is 3.81. The molecule has 176 valence electrons. The molecule has 1 aliphatic rings. The molecule has 1 aromatic heterocycles. The minimum Gasteiger partial charge on any atom is -0.507 e. The van der Waals surface area contributed by atoms with Gasteiger partial charge < -0.3 is 23.7 Å². The first-order chi connectivity index (χ1) is 16.3. The summed E-state index contributed by atoms with van der Waals surface area (Å²) >= 11 is 12.5. The Morgan fingerprint density at radius 1 is 0.941 bits per heavy atom. The van der Waals surface area contributed by atoms with E-state index in [4.69, 9.17) is 41.8 Å². The number of furan rings is 1. The van der Waals surface area contributed by atoms with Gasteiger partial charge >= 0.3 is 0 Å². The maximum Gasteiger partial charge on any atom is 0.300 e. The van der Waals surface area contributed by atoms with Gasteiger partial charge in [-0.1, -0.05) is 23.2 Å². The molecular weight excluding hydrogens is 485 g/mol. The van der Waals surface area contributed by atoms with Gasteiger partial charge in [-0.05, 0) is 36.4 Å². The zero-order valence-electron chi connectivity index (χ0n) is 18.3. The van der Waals surface area contributed by atoms with E-state index in [-0.39, 0.29) is 38.4 Å². The van der Waals surface area contributed by atoms with Crippen molar-refractivity contribution in [1.82, 2.24) is 0 Å². The summed E-state index contributed by atoms with van der Waals surface area (Å²) in [5, 5.41) is 11.8. The first-order valence-electron chi connectivity index (χ1n) is 9.92. The number of carbonyl (C=O) groups is 2. The van der Waals surface area contributed by atoms with E-state index in [1.54, 1.807) is 24.3 Å². The van der Waals surface area contributed by atoms with Crippen LogP contribution in [0.3, 0.4) is 0 Å². The molecule has 0 aliphatic carbocycles. The molecule has 0 spiro atoms. The van der Waals surface area contributed by atoms with Gasteiger partial charge in [-0.2, -0.15) is 0 Å². The highest BCUT2D eigenvalue weighted by Gasteiger charge is 2.48. The highest BCUT2D eigenvalue weighted by Crippen LogP contribution is 2.45. The lowest BCUT2D eigenvalue weighted by atomic mass is 9.98. The molecule has 0 saturated carbocycles. The summed E-state index contributed by atoms with van der Waals surface area (Å²) in [4.78, 5) is 27.6. The van der Waals surface area contributed by atoms with Gasteiger partial charge in [0.25, 0.3) is 11.7 Å². The average Bonchev–Trinajstić information content (AvgIpc) is 3.45. The van der Waals surface area contributed by atoms with E-state index in [1.165, 1.54) is 50.7 Å². The minimum atomic E-state index is -1.08. The molecule has 4 rings (SSSR count). The first kappa shape index (κ1) is 23.5. The van der Waals surface area contributed by atoms with Crippen LogP contribution in [0.25, 0.3) is 5.76 Å². The third-order valence-electron chi connectivity index (χ3n) is 5.40. The lowest BCUT2D eigenvalue weighted by molar-refractivity contribution is -0.132. The molecule has 34 heavy (non-hydrogen) atoms. The fourth-order valence-corrected chi connectivity index (χ4v) is 4.29. The van der Waals surface area contributed by atoms with Crippen LogP contribution in [-0.2, 0) is 9.59 Å². The zero-order valence-corrected chi connectivity index (χ0v) is 19.8. The molecule has 1 amide bonds. The van der Waals surface area contributed by atoms with Gasteiger partial charge in [0.05, 0.1) is 48.8 Å². The quantitative estimate of drug-likeness (QED) is 0.279. The Morgan fingerprint density at radius 2 is 1.62 bits per heavy atom. The fraction of sp³-hybridized carbons (Fsp3) is 0.167. The minimum absolute atomic E-state index is 0.117. The molecule has 1 atom stereocenters. The number of hydrogen-bond donors (Lipinski definition) is 1. The van der Waals surface area contributed by atoms with Crippen LogP contribution in [0.5, 0.6) is 17.2 Å². The third kappa shape index (κ3) is 3.85. The van der Waals surface area contributed by atoms with Crippen molar-refractivity contribution in [1.29, 1.82) is 0 Å². The summed E-state index contributed by atoms with van der Waals surface area (Å²) in [6.07, 6.45) is 1.41. The molecule has 8 nitrogen and oxygen atoms in total. The van der Waals surface area contributed by atoms with Gasteiger partial charge in [-0.3, -0.25) is 14.5 Å². The predicted molar refractivity (Wildman–Crippen MR) is 126 cm³/mol. The number of aliphatic hydroxyl groups excluding tert-OH is 1. The van der Waals surface area contributed by atoms with Crippen LogP contribution in [0.4, 0.5) is 5.69 Å². The number of rotatable bonds is 6. The lowest BCUT2D eigenvalue weighted by Gasteiger charge is -2.24. The second-order valence-corrected chi connectivity index (χ2v) is 8.00. The standard InChI is InChI=1S/C24H19Cl2NO7/c1-31-16-7-6-12(9-14(16)25)27-21(17-5-4-8-34-17)20(23(29)24(27)30)22(28)13-10-19(33-3)15(26)11-18(13)32-2/h4-11,21,28H,1-3H3/b22-20+. The molecule has 10 heteroatoms. The third-order valence-corrected chi connectivity index (χ3v) is 5.99. The number of carbonyl (C=O) groups excluding carboxylic acids is 2. The topological polar surface area (TPSA) is 98.4 Å². The highest BCUT2D eigenvalue weighted by atomic mass is 35.5. The molecule has 1 N–H and O–H groups in total. The van der Waals surface area contributed by atoms with Crippen molar-refractivity contribution in [3.63, 3.8) is 0 Å². The van der Waals surface area contributed by atoms with Crippen molar-refractivity contribution in [3.05, 3.63) is 75.7 Å². The number of Topliss-reactive ketones (excluding diaryl/α,β-unsaturated/α-hetero) is 1. The largest absolute Gasteiger partial charge is 0.507 e. The Hall–Kier alpha value is -3.62. The summed E-state index contributed by atoms with van der Waals surface area (Å²) in [6.45, 7) is 0. The Labute approximate surface area is 204 Å². The zero-order chi connectivity index (χ0) is 24.6. The van der Waals surface area contributed by atoms with Gasteiger partial charge in [-0.15, -0.1) is 0 Å². The second kappa shape index (κ2) is 9.32. The van der Waals surface area contributed by atoms with Crippen LogP contribution in [0.2, 0.25) is 10.0 Å². The van der Waals surface area contributed by atoms with Crippen molar-refractivity contribution in [2.45, 2.75) is 6.04 Å². The van der Waals surface area contributed by atoms with Crippen LogP contribution < -0.4 is 19.1 Å². The number of hydrogen-bond acceptors (Lipinski definition) is 7. The summed E-state index contributed by atoms with van der Waals surface area (Å²) in [5.74, 6) is -1.18. The molecule has 3 aromatic rings. The smallest absolute Gasteiger partial charge is 0.300 e. The summed E-state index contributed by atoms with van der Waals surface area (Å²) in [6, 6.07) is 9.65. The molecule has 0 bridgehead atoms. The van der Waals surface area contributed by atoms with Crippen molar-refractivity contribution in [3.8, 4) is 17.2 Å². The van der Waals surface area contributed by atoms with E-state index < -0.39 is 23.5 Å². The lowest BCUT2D eigenvalue weighted by Crippen LogP contribution is -2.29. The Kier molecular flexibility index (Phi) is 6.45. The number of halogens is 2. The molecule has 1 unspecified atom stereocenters. The normalized spacial score (nSPS) is 17.2. The number of methoxy groups -OCH3 is 3. The second-order valence-electron chi connectivity index (χ2n) is 7.19. The summed E-state index contributed by atoms with van der Waals surface area (Å²) in [7, 11) is 4.26. The number of amides is 1. The number of ether oxygens (including phenoxy) is 3. The predicted octanol–water partition coefficient (Wildman–Crippen LogP) is 5.24. The number of aliphatic hydroxyl groups is 1. The number of nitrogens with zero attached hydrogens (tertiary/aromatic N) is 1. The number of anilines is 1. The van der Waals surface area contributed by atoms with Crippen molar-refractivity contribution in [2.75, 3.05) is 26.2 Å². The maximum atomic E-state index is 13.2. The van der Waals surface area contributed by atoms with Gasteiger partial charge in [0.2, 0.25) is 0 Å². The molecule has 1 aliphatic heterocycles. The Balaban J connectivity index is 1.96. The average molecular weight is 504 g/mol. The van der Waals surface area contributed by atoms with Crippen LogP contribution >= 0.6 is 23.2 Å². The molecule has 0 radical (unpaired) electrons. The van der Waals surface area contributed by atoms with E-state index in [0.29, 0.717) is 11.4 Å². The van der Waals surface area contributed by atoms with Crippen LogP contribution in [-0.4, -0.2) is 38.1 Å². The Bertz CT molecular complexity index is 1300. The van der Waals surface area contributed by atoms with Gasteiger partial charge in [0.15, 0.2) is 0 Å². The maximum absolute atomic E-state index is 13.2. The van der Waals surface area contributed by atoms with E-state index in [9.17, 15) is 14.7 Å². The van der Waals surface area contributed by atoms with Crippen molar-refractivity contribution in [2.24, 2.45) is 0 Å². The van der Waals surface area contributed by atoms with Gasteiger partial charge in [0, 0.05) is 11.8 Å². The SMILES string of the molecule is COc1ccc(N2C(=O)C(=O)/C(=C(/O)c3cc(OC)c(Cl)cc3OC)C2c2ccco2)cc1Cl. The van der Waals surface area contributed by atoms with E-state index in [1.807, 2.05) is 0 Å². The summed E-state index contributed by atoms with van der Waals surface area (Å²) in [5.41, 5.74) is 0.231. The molecule has 1 saturated heterocycles. The van der Waals surface area contributed by atoms with E-state index in [0.717, 1.165) is 0 Å². The van der Waals surface area contributed by atoms with E-state index >= 15 is 0 Å². The van der Waals surface area contributed by atoms with Crippen molar-refractivity contribution >= 4 is 46.3 Å². The van der Waals surface area contributed by atoms with Crippen LogP contribution in [0.15, 0.2) is 58.7 Å². The monoisotopic (exact) mass is 503 g/mol. The molecular formula is C24H19Cl2NO7. The number of ketones is 1. The highest BCUT2D eigenvalue weighted by molar-refractivity contribution is 6.52. The van der Waals surface area contributed by atoms with Crippen LogP contribution in [0, 0.1) is 0 Å². The van der Waals surface area contributed by atoms with Crippen molar-refractivity contribution < 1.29 is 33.3 Å². The molecule has 2 aromatic carbocycles.